The zero-order valence-electron chi connectivity index (χ0n) is 14.6. The van der Waals surface area contributed by atoms with E-state index in [4.69, 9.17) is 4.98 Å². The van der Waals surface area contributed by atoms with Crippen LogP contribution in [0.2, 0.25) is 0 Å². The first-order valence-electron chi connectivity index (χ1n) is 7.98. The van der Waals surface area contributed by atoms with Gasteiger partial charge < -0.3 is 10.2 Å². The van der Waals surface area contributed by atoms with E-state index in [1.807, 2.05) is 32.2 Å². The molecule has 0 unspecified atom stereocenters. The first kappa shape index (κ1) is 17.6. The second-order valence-electron chi connectivity index (χ2n) is 5.62. The van der Waals surface area contributed by atoms with Gasteiger partial charge in [-0.15, -0.1) is 22.7 Å². The zero-order chi connectivity index (χ0) is 17.6. The first-order chi connectivity index (χ1) is 12.2. The summed E-state index contributed by atoms with van der Waals surface area (Å²) in [6.07, 6.45) is 0. The van der Waals surface area contributed by atoms with Gasteiger partial charge in [-0.2, -0.15) is 0 Å². The summed E-state index contributed by atoms with van der Waals surface area (Å²) in [6.45, 7) is 3.40. The van der Waals surface area contributed by atoms with Crippen molar-refractivity contribution in [2.24, 2.45) is 4.99 Å². The van der Waals surface area contributed by atoms with Crippen molar-refractivity contribution in [1.29, 1.82) is 0 Å². The van der Waals surface area contributed by atoms with Crippen molar-refractivity contribution in [1.82, 2.24) is 20.2 Å². The predicted octanol–water partition coefficient (Wildman–Crippen LogP) is 3.78. The van der Waals surface area contributed by atoms with Crippen LogP contribution in [0.15, 0.2) is 46.1 Å². The minimum Gasteiger partial charge on any atom is -0.351 e. The van der Waals surface area contributed by atoms with Gasteiger partial charge in [-0.3, -0.25) is 4.99 Å². The molecule has 3 rings (SSSR count). The topological polar surface area (TPSA) is 53.4 Å². The van der Waals surface area contributed by atoms with E-state index in [1.165, 1.54) is 0 Å². The van der Waals surface area contributed by atoms with Crippen LogP contribution < -0.4 is 5.32 Å². The van der Waals surface area contributed by atoms with E-state index in [2.05, 4.69) is 43.1 Å². The van der Waals surface area contributed by atoms with Gasteiger partial charge in [0, 0.05) is 30.4 Å². The number of nitrogens with zero attached hydrogens (tertiary/aromatic N) is 4. The SMILES string of the molecule is CN=C(NCc1csc(-c2ccccc2)n1)N(C)Cc1csc(C)n1. The average Bonchev–Trinajstić information content (AvgIpc) is 3.25. The van der Waals surface area contributed by atoms with E-state index in [-0.39, 0.29) is 0 Å². The molecule has 0 amide bonds. The summed E-state index contributed by atoms with van der Waals surface area (Å²) in [6, 6.07) is 10.2. The molecule has 2 aromatic heterocycles. The third-order valence-corrected chi connectivity index (χ3v) is 5.40. The smallest absolute Gasteiger partial charge is 0.194 e. The largest absolute Gasteiger partial charge is 0.351 e. The van der Waals surface area contributed by atoms with Crippen LogP contribution in [0.1, 0.15) is 16.4 Å². The number of hydrogen-bond acceptors (Lipinski definition) is 5. The lowest BCUT2D eigenvalue weighted by Crippen LogP contribution is -2.38. The van der Waals surface area contributed by atoms with Crippen molar-refractivity contribution in [2.45, 2.75) is 20.0 Å². The lowest BCUT2D eigenvalue weighted by Gasteiger charge is -2.20. The Morgan fingerprint density at radius 1 is 1.12 bits per heavy atom. The van der Waals surface area contributed by atoms with Gasteiger partial charge >= 0.3 is 0 Å². The normalized spacial score (nSPS) is 11.6. The lowest BCUT2D eigenvalue weighted by atomic mass is 10.2. The molecule has 130 valence electrons. The summed E-state index contributed by atoms with van der Waals surface area (Å²) in [7, 11) is 3.81. The average molecular weight is 372 g/mol. The Hall–Kier alpha value is -2.25. The third kappa shape index (κ3) is 4.64. The fourth-order valence-corrected chi connectivity index (χ4v) is 3.88. The van der Waals surface area contributed by atoms with Gasteiger partial charge in [0.1, 0.15) is 5.01 Å². The maximum absolute atomic E-state index is 4.71. The summed E-state index contributed by atoms with van der Waals surface area (Å²) in [5, 5.41) is 9.68. The van der Waals surface area contributed by atoms with Gasteiger partial charge in [-0.1, -0.05) is 30.3 Å². The van der Waals surface area contributed by atoms with Gasteiger partial charge in [0.25, 0.3) is 0 Å². The molecule has 0 saturated heterocycles. The van der Waals surface area contributed by atoms with Crippen molar-refractivity contribution < 1.29 is 0 Å². The Morgan fingerprint density at radius 2 is 1.88 bits per heavy atom. The number of rotatable bonds is 5. The maximum atomic E-state index is 4.71. The molecule has 25 heavy (non-hydrogen) atoms. The van der Waals surface area contributed by atoms with Crippen LogP contribution in [0, 0.1) is 6.92 Å². The van der Waals surface area contributed by atoms with Crippen LogP contribution in [-0.4, -0.2) is 34.9 Å². The molecule has 0 aliphatic heterocycles. The van der Waals surface area contributed by atoms with Crippen LogP contribution in [-0.2, 0) is 13.1 Å². The number of nitrogens with one attached hydrogen (secondary N) is 1. The summed E-state index contributed by atoms with van der Waals surface area (Å²) in [5.41, 5.74) is 3.23. The highest BCUT2D eigenvalue weighted by Gasteiger charge is 2.10. The fraction of sp³-hybridized carbons (Fsp3) is 0.278. The highest BCUT2D eigenvalue weighted by molar-refractivity contribution is 7.13. The molecule has 7 heteroatoms. The molecule has 0 atom stereocenters. The summed E-state index contributed by atoms with van der Waals surface area (Å²) < 4.78 is 0. The quantitative estimate of drug-likeness (QED) is 0.548. The molecular weight excluding hydrogens is 350 g/mol. The Kier molecular flexibility index (Phi) is 5.78. The van der Waals surface area contributed by atoms with Crippen molar-refractivity contribution in [2.75, 3.05) is 14.1 Å². The van der Waals surface area contributed by atoms with E-state index < -0.39 is 0 Å². The second kappa shape index (κ2) is 8.22. The van der Waals surface area contributed by atoms with Gasteiger partial charge in [-0.05, 0) is 6.92 Å². The molecule has 0 bridgehead atoms. The number of guanidine groups is 1. The van der Waals surface area contributed by atoms with E-state index in [0.29, 0.717) is 6.54 Å². The minimum atomic E-state index is 0.649. The Morgan fingerprint density at radius 3 is 2.56 bits per heavy atom. The number of aromatic nitrogens is 2. The molecule has 1 N–H and O–H groups in total. The summed E-state index contributed by atoms with van der Waals surface area (Å²) in [4.78, 5) is 15.6. The van der Waals surface area contributed by atoms with Gasteiger partial charge in [-0.25, -0.2) is 9.97 Å². The minimum absolute atomic E-state index is 0.649. The first-order valence-corrected chi connectivity index (χ1v) is 9.74. The van der Waals surface area contributed by atoms with E-state index in [0.717, 1.165) is 39.5 Å². The van der Waals surface area contributed by atoms with Crippen LogP contribution >= 0.6 is 22.7 Å². The molecule has 1 aromatic carbocycles. The molecule has 2 heterocycles. The van der Waals surface area contributed by atoms with Crippen LogP contribution in [0.4, 0.5) is 0 Å². The van der Waals surface area contributed by atoms with Crippen molar-refractivity contribution in [3.63, 3.8) is 0 Å². The summed E-state index contributed by atoms with van der Waals surface area (Å²) in [5.74, 6) is 0.833. The number of aliphatic imine (C=N–C) groups is 1. The molecule has 0 aliphatic carbocycles. The standard InChI is InChI=1S/C18H21N5S2/c1-13-21-16(12-24-13)10-23(3)18(19-2)20-9-15-11-25-17(22-15)14-7-5-4-6-8-14/h4-8,11-12H,9-10H2,1-3H3,(H,19,20). The summed E-state index contributed by atoms with van der Waals surface area (Å²) >= 11 is 3.33. The Balaban J connectivity index is 1.59. The molecule has 5 nitrogen and oxygen atoms in total. The molecule has 3 aromatic rings. The maximum Gasteiger partial charge on any atom is 0.194 e. The van der Waals surface area contributed by atoms with Gasteiger partial charge in [0.05, 0.1) is 29.5 Å². The molecule has 0 fully saturated rings. The number of thiazole rings is 2. The van der Waals surface area contributed by atoms with Crippen LogP contribution in [0.3, 0.4) is 0 Å². The molecular formula is C18H21N5S2. The van der Waals surface area contributed by atoms with Crippen LogP contribution in [0.5, 0.6) is 0 Å². The lowest BCUT2D eigenvalue weighted by molar-refractivity contribution is 0.470. The molecule has 0 spiro atoms. The second-order valence-corrected chi connectivity index (χ2v) is 7.55. The Labute approximate surface area is 156 Å². The fourth-order valence-electron chi connectivity index (χ4n) is 2.45. The molecule has 0 aliphatic rings. The highest BCUT2D eigenvalue weighted by Crippen LogP contribution is 2.23. The zero-order valence-corrected chi connectivity index (χ0v) is 16.2. The molecule has 0 saturated carbocycles. The van der Waals surface area contributed by atoms with Crippen molar-refractivity contribution in [3.05, 3.63) is 57.5 Å². The number of benzene rings is 1. The van der Waals surface area contributed by atoms with Crippen molar-refractivity contribution >= 4 is 28.6 Å². The number of aryl methyl sites for hydroxylation is 1. The van der Waals surface area contributed by atoms with Crippen LogP contribution in [0.25, 0.3) is 10.6 Å². The van der Waals surface area contributed by atoms with E-state index >= 15 is 0 Å². The van der Waals surface area contributed by atoms with Gasteiger partial charge in [0.15, 0.2) is 5.96 Å². The third-order valence-electron chi connectivity index (χ3n) is 3.64. The molecule has 0 radical (unpaired) electrons. The monoisotopic (exact) mass is 371 g/mol. The predicted molar refractivity (Wildman–Crippen MR) is 106 cm³/mol. The van der Waals surface area contributed by atoms with E-state index in [9.17, 15) is 0 Å². The van der Waals surface area contributed by atoms with E-state index in [1.54, 1.807) is 29.7 Å². The number of hydrogen-bond donors (Lipinski definition) is 1. The highest BCUT2D eigenvalue weighted by atomic mass is 32.1. The van der Waals surface area contributed by atoms with Crippen molar-refractivity contribution in [3.8, 4) is 10.6 Å². The Bertz CT molecular complexity index is 838. The van der Waals surface area contributed by atoms with Gasteiger partial charge in [0.2, 0.25) is 0 Å².